The van der Waals surface area contributed by atoms with Crippen LogP contribution >= 0.6 is 11.6 Å². The Kier molecular flexibility index (Phi) is 4.31. The van der Waals surface area contributed by atoms with Crippen molar-refractivity contribution in [2.24, 2.45) is 0 Å². The summed E-state index contributed by atoms with van der Waals surface area (Å²) in [5.74, 6) is 0.132. The normalized spacial score (nSPS) is 12.3. The minimum atomic E-state index is -0.914. The van der Waals surface area contributed by atoms with Crippen molar-refractivity contribution in [3.05, 3.63) is 63.4 Å². The first-order valence-corrected chi connectivity index (χ1v) is 6.60. The van der Waals surface area contributed by atoms with Gasteiger partial charge in [-0.1, -0.05) is 29.8 Å². The van der Waals surface area contributed by atoms with Crippen LogP contribution < -0.4 is 4.74 Å². The fraction of sp³-hybridized carbons (Fsp3) is 0.250. The van der Waals surface area contributed by atoms with Gasteiger partial charge in [-0.25, -0.2) is 4.39 Å². The summed E-state index contributed by atoms with van der Waals surface area (Å²) >= 11 is 5.76. The first kappa shape index (κ1) is 14.8. The molecule has 1 N–H and O–H groups in total. The fourth-order valence-electron chi connectivity index (χ4n) is 2.16. The van der Waals surface area contributed by atoms with Crippen molar-refractivity contribution in [3.63, 3.8) is 0 Å². The summed E-state index contributed by atoms with van der Waals surface area (Å²) in [6.45, 7) is 3.91. The molecule has 0 aliphatic carbocycles. The van der Waals surface area contributed by atoms with Crippen molar-refractivity contribution in [3.8, 4) is 5.75 Å². The molecular weight excluding hydrogens is 279 g/mol. The van der Waals surface area contributed by atoms with Crippen molar-refractivity contribution < 1.29 is 14.2 Å². The molecule has 4 heteroatoms. The molecule has 0 radical (unpaired) electrons. The molecule has 0 saturated heterocycles. The van der Waals surface area contributed by atoms with Gasteiger partial charge in [0.15, 0.2) is 0 Å². The zero-order valence-corrected chi connectivity index (χ0v) is 12.3. The van der Waals surface area contributed by atoms with Gasteiger partial charge in [-0.15, -0.1) is 0 Å². The van der Waals surface area contributed by atoms with E-state index in [0.717, 1.165) is 11.1 Å². The van der Waals surface area contributed by atoms with Crippen LogP contribution in [0, 0.1) is 19.7 Å². The highest BCUT2D eigenvalue weighted by atomic mass is 35.5. The molecule has 0 heterocycles. The van der Waals surface area contributed by atoms with Gasteiger partial charge in [0, 0.05) is 5.56 Å². The number of aliphatic hydroxyl groups excluding tert-OH is 1. The Morgan fingerprint density at radius 1 is 1.20 bits per heavy atom. The topological polar surface area (TPSA) is 29.5 Å². The van der Waals surface area contributed by atoms with Crippen molar-refractivity contribution >= 4 is 11.6 Å². The van der Waals surface area contributed by atoms with Gasteiger partial charge in [-0.3, -0.25) is 0 Å². The third-order valence-corrected chi connectivity index (χ3v) is 3.75. The van der Waals surface area contributed by atoms with E-state index in [0.29, 0.717) is 16.9 Å². The van der Waals surface area contributed by atoms with Crippen LogP contribution in [-0.2, 0) is 0 Å². The van der Waals surface area contributed by atoms with Crippen LogP contribution in [0.3, 0.4) is 0 Å². The zero-order chi connectivity index (χ0) is 14.9. The third-order valence-electron chi connectivity index (χ3n) is 3.47. The highest BCUT2D eigenvalue weighted by Gasteiger charge is 2.18. The number of ether oxygens (including phenoxy) is 1. The van der Waals surface area contributed by atoms with E-state index in [2.05, 4.69) is 0 Å². The molecule has 0 aliphatic heterocycles. The van der Waals surface area contributed by atoms with Gasteiger partial charge in [0.05, 0.1) is 12.1 Å². The van der Waals surface area contributed by atoms with Crippen molar-refractivity contribution in [1.82, 2.24) is 0 Å². The van der Waals surface area contributed by atoms with E-state index in [1.54, 1.807) is 7.11 Å². The van der Waals surface area contributed by atoms with Gasteiger partial charge in [0.2, 0.25) is 0 Å². The van der Waals surface area contributed by atoms with E-state index in [-0.39, 0.29) is 5.02 Å². The van der Waals surface area contributed by atoms with Crippen molar-refractivity contribution in [2.45, 2.75) is 20.0 Å². The molecule has 0 fully saturated rings. The zero-order valence-electron chi connectivity index (χ0n) is 11.6. The number of rotatable bonds is 3. The summed E-state index contributed by atoms with van der Waals surface area (Å²) < 4.78 is 18.6. The Balaban J connectivity index is 2.50. The van der Waals surface area contributed by atoms with Crippen LogP contribution in [0.25, 0.3) is 0 Å². The Morgan fingerprint density at radius 3 is 2.50 bits per heavy atom. The summed E-state index contributed by atoms with van der Waals surface area (Å²) in [5, 5.41) is 10.5. The summed E-state index contributed by atoms with van der Waals surface area (Å²) in [5.41, 5.74) is 3.21. The Hall–Kier alpha value is -1.58. The van der Waals surface area contributed by atoms with E-state index in [9.17, 15) is 9.50 Å². The number of hydrogen-bond acceptors (Lipinski definition) is 2. The van der Waals surface area contributed by atoms with Gasteiger partial charge in [0.1, 0.15) is 17.7 Å². The average molecular weight is 295 g/mol. The predicted molar refractivity (Wildman–Crippen MR) is 77.9 cm³/mol. The maximum atomic E-state index is 13.2. The molecule has 0 bridgehead atoms. The summed E-state index contributed by atoms with van der Waals surface area (Å²) in [4.78, 5) is 0. The Labute approximate surface area is 122 Å². The molecule has 0 amide bonds. The van der Waals surface area contributed by atoms with E-state index in [1.165, 1.54) is 18.2 Å². The highest BCUT2D eigenvalue weighted by Crippen LogP contribution is 2.35. The van der Waals surface area contributed by atoms with Crippen LogP contribution in [-0.4, -0.2) is 12.2 Å². The van der Waals surface area contributed by atoms with Crippen LogP contribution in [0.5, 0.6) is 5.75 Å². The molecule has 1 unspecified atom stereocenters. The number of aliphatic hydroxyl groups is 1. The first-order valence-electron chi connectivity index (χ1n) is 6.22. The lowest BCUT2D eigenvalue weighted by Crippen LogP contribution is -2.05. The highest BCUT2D eigenvalue weighted by molar-refractivity contribution is 6.30. The van der Waals surface area contributed by atoms with Gasteiger partial charge in [-0.05, 0) is 42.7 Å². The van der Waals surface area contributed by atoms with Gasteiger partial charge >= 0.3 is 0 Å². The summed E-state index contributed by atoms with van der Waals surface area (Å²) in [6, 6.07) is 7.91. The lowest BCUT2D eigenvalue weighted by atomic mass is 9.96. The third kappa shape index (κ3) is 2.65. The summed E-state index contributed by atoms with van der Waals surface area (Å²) in [6.07, 6.45) is -0.914. The number of halogens is 2. The van der Waals surface area contributed by atoms with Gasteiger partial charge in [0.25, 0.3) is 0 Å². The number of benzene rings is 2. The molecule has 0 aliphatic rings. The number of hydrogen-bond donors (Lipinski definition) is 1. The van der Waals surface area contributed by atoms with Gasteiger partial charge in [-0.2, -0.15) is 0 Å². The maximum Gasteiger partial charge on any atom is 0.141 e. The summed E-state index contributed by atoms with van der Waals surface area (Å²) in [7, 11) is 1.57. The molecule has 20 heavy (non-hydrogen) atoms. The van der Waals surface area contributed by atoms with Crippen LogP contribution in [0.4, 0.5) is 4.39 Å². The Bertz CT molecular complexity index is 641. The molecule has 106 valence electrons. The molecule has 0 aromatic heterocycles. The van der Waals surface area contributed by atoms with Gasteiger partial charge < -0.3 is 9.84 Å². The molecular formula is C16H16ClFO2. The van der Waals surface area contributed by atoms with Crippen LogP contribution in [0.15, 0.2) is 30.3 Å². The van der Waals surface area contributed by atoms with E-state index in [4.69, 9.17) is 16.3 Å². The smallest absolute Gasteiger partial charge is 0.141 e. The van der Waals surface area contributed by atoms with E-state index >= 15 is 0 Å². The average Bonchev–Trinajstić information content (AvgIpc) is 2.44. The van der Waals surface area contributed by atoms with E-state index in [1.807, 2.05) is 26.0 Å². The lowest BCUT2D eigenvalue weighted by Gasteiger charge is -2.18. The number of aryl methyl sites for hydroxylation is 1. The molecule has 2 nitrogen and oxygen atoms in total. The second kappa shape index (κ2) is 5.81. The molecule has 2 aromatic carbocycles. The maximum absolute atomic E-state index is 13.2. The quantitative estimate of drug-likeness (QED) is 0.920. The SMILES string of the molecule is COc1c(C(O)c2ccc(F)c(Cl)c2)ccc(C)c1C. The second-order valence-electron chi connectivity index (χ2n) is 4.71. The van der Waals surface area contributed by atoms with E-state index < -0.39 is 11.9 Å². The standard InChI is InChI=1S/C16H16ClFO2/c1-9-4-6-12(16(20-3)10(9)2)15(19)11-5-7-14(18)13(17)8-11/h4-8,15,19H,1-3H3. The second-order valence-corrected chi connectivity index (χ2v) is 5.11. The fourth-order valence-corrected chi connectivity index (χ4v) is 2.35. The van der Waals surface area contributed by atoms with Crippen molar-refractivity contribution in [1.29, 1.82) is 0 Å². The largest absolute Gasteiger partial charge is 0.496 e. The minimum Gasteiger partial charge on any atom is -0.496 e. The van der Waals surface area contributed by atoms with Crippen LogP contribution in [0.2, 0.25) is 5.02 Å². The lowest BCUT2D eigenvalue weighted by molar-refractivity contribution is 0.214. The predicted octanol–water partition coefficient (Wildman–Crippen LogP) is 4.19. The first-order chi connectivity index (χ1) is 9.45. The number of methoxy groups -OCH3 is 1. The molecule has 0 spiro atoms. The molecule has 0 saturated carbocycles. The monoisotopic (exact) mass is 294 g/mol. The minimum absolute atomic E-state index is 0.00986. The Morgan fingerprint density at radius 2 is 1.90 bits per heavy atom. The molecule has 2 aromatic rings. The van der Waals surface area contributed by atoms with Crippen LogP contribution in [0.1, 0.15) is 28.4 Å². The molecule has 1 atom stereocenters. The van der Waals surface area contributed by atoms with Crippen molar-refractivity contribution in [2.75, 3.05) is 7.11 Å². The molecule has 2 rings (SSSR count).